The van der Waals surface area contributed by atoms with E-state index >= 15 is 0 Å². The predicted molar refractivity (Wildman–Crippen MR) is 65.8 cm³/mol. The molecule has 2 N–H and O–H groups in total. The van der Waals surface area contributed by atoms with Crippen molar-refractivity contribution in [3.05, 3.63) is 11.1 Å². The van der Waals surface area contributed by atoms with Crippen LogP contribution in [0.15, 0.2) is 5.38 Å². The van der Waals surface area contributed by atoms with Crippen molar-refractivity contribution in [3.63, 3.8) is 0 Å². The number of nitrogen functional groups attached to an aromatic ring is 1. The molecular weight excluding hydrogens is 206 g/mol. The smallest absolute Gasteiger partial charge is 0.180 e. The molecule has 0 aliphatic carbocycles. The Morgan fingerprint density at radius 1 is 1.60 bits per heavy atom. The molecule has 0 amide bonds. The molecule has 4 heteroatoms. The number of hydrogen-bond acceptors (Lipinski definition) is 4. The molecule has 0 spiro atoms. The van der Waals surface area contributed by atoms with E-state index in [1.807, 2.05) is 5.38 Å². The first kappa shape index (κ1) is 12.0. The molecule has 1 rings (SSSR count). The molecule has 0 aliphatic heterocycles. The summed E-state index contributed by atoms with van der Waals surface area (Å²) in [4.78, 5) is 6.48. The van der Waals surface area contributed by atoms with Crippen molar-refractivity contribution < 1.29 is 0 Å². The lowest BCUT2D eigenvalue weighted by molar-refractivity contribution is 0.311. The van der Waals surface area contributed by atoms with Gasteiger partial charge in [0.1, 0.15) is 0 Å². The van der Waals surface area contributed by atoms with Gasteiger partial charge in [-0.15, -0.1) is 17.8 Å². The molecule has 0 aliphatic rings. The lowest BCUT2D eigenvalue weighted by Gasteiger charge is -2.17. The summed E-state index contributed by atoms with van der Waals surface area (Å²) in [5.74, 6) is 2.68. The minimum absolute atomic E-state index is 0.643. The Labute approximate surface area is 95.3 Å². The molecule has 0 aromatic carbocycles. The Hall–Kier alpha value is -1.05. The summed E-state index contributed by atoms with van der Waals surface area (Å²) in [6.45, 7) is 4.88. The Kier molecular flexibility index (Phi) is 5.16. The van der Waals surface area contributed by atoms with Gasteiger partial charge in [-0.1, -0.05) is 12.8 Å². The normalized spacial score (nSPS) is 10.5. The second kappa shape index (κ2) is 6.44. The lowest BCUT2D eigenvalue weighted by atomic mass is 10.3. The Morgan fingerprint density at radius 3 is 2.93 bits per heavy atom. The maximum atomic E-state index is 5.56. The van der Waals surface area contributed by atoms with E-state index in [1.165, 1.54) is 11.3 Å². The van der Waals surface area contributed by atoms with Gasteiger partial charge in [-0.3, -0.25) is 4.90 Å². The van der Waals surface area contributed by atoms with Gasteiger partial charge in [-0.05, 0) is 13.0 Å². The minimum atomic E-state index is 0.643. The molecule has 0 unspecified atom stereocenters. The molecule has 1 aromatic heterocycles. The fraction of sp³-hybridized carbons (Fsp3) is 0.545. The summed E-state index contributed by atoms with van der Waals surface area (Å²) >= 11 is 1.49. The Morgan fingerprint density at radius 2 is 2.40 bits per heavy atom. The van der Waals surface area contributed by atoms with Gasteiger partial charge in [0.05, 0.1) is 12.2 Å². The molecule has 0 saturated heterocycles. The van der Waals surface area contributed by atoms with E-state index in [1.54, 1.807) is 0 Å². The monoisotopic (exact) mass is 223 g/mol. The van der Waals surface area contributed by atoms with E-state index in [4.69, 9.17) is 12.2 Å². The van der Waals surface area contributed by atoms with Crippen molar-refractivity contribution in [2.75, 3.05) is 25.4 Å². The summed E-state index contributed by atoms with van der Waals surface area (Å²) in [5.41, 5.74) is 6.63. The topological polar surface area (TPSA) is 42.1 Å². The molecular formula is C11H17N3S. The number of hydrogen-bond donors (Lipinski definition) is 1. The van der Waals surface area contributed by atoms with E-state index in [2.05, 4.69) is 22.7 Å². The number of anilines is 1. The highest BCUT2D eigenvalue weighted by molar-refractivity contribution is 7.13. The summed E-state index contributed by atoms with van der Waals surface area (Å²) in [7, 11) is 0. The number of thiazole rings is 1. The van der Waals surface area contributed by atoms with Crippen LogP contribution in [-0.4, -0.2) is 29.5 Å². The minimum Gasteiger partial charge on any atom is -0.375 e. The van der Waals surface area contributed by atoms with Crippen LogP contribution in [0.5, 0.6) is 0 Å². The van der Waals surface area contributed by atoms with E-state index < -0.39 is 0 Å². The van der Waals surface area contributed by atoms with E-state index in [0.29, 0.717) is 11.7 Å². The Bertz CT molecular complexity index is 327. The van der Waals surface area contributed by atoms with Gasteiger partial charge >= 0.3 is 0 Å². The first-order chi connectivity index (χ1) is 7.26. The van der Waals surface area contributed by atoms with Crippen molar-refractivity contribution in [1.82, 2.24) is 9.88 Å². The van der Waals surface area contributed by atoms with Gasteiger partial charge in [0.2, 0.25) is 0 Å². The van der Waals surface area contributed by atoms with E-state index in [-0.39, 0.29) is 0 Å². The zero-order valence-electron chi connectivity index (χ0n) is 9.07. The van der Waals surface area contributed by atoms with Gasteiger partial charge in [0.15, 0.2) is 5.13 Å². The predicted octanol–water partition coefficient (Wildman–Crippen LogP) is 1.61. The number of nitrogens with two attached hydrogens (primary N) is 1. The summed E-state index contributed by atoms with van der Waals surface area (Å²) in [6.07, 6.45) is 7.36. The number of rotatable bonds is 6. The standard InChI is InChI=1S/C11H17N3S/c1-3-6-14(7-4-2)8-5-10-9-15-11(12)13-10/h1,9H,4-8H2,2H3,(H2,12,13). The largest absolute Gasteiger partial charge is 0.375 e. The van der Waals surface area contributed by atoms with Crippen molar-refractivity contribution >= 4 is 16.5 Å². The zero-order chi connectivity index (χ0) is 11.1. The van der Waals surface area contributed by atoms with Crippen LogP contribution in [0, 0.1) is 12.3 Å². The molecule has 0 bridgehead atoms. The molecule has 0 fully saturated rings. The van der Waals surface area contributed by atoms with Gasteiger partial charge < -0.3 is 5.73 Å². The molecule has 0 atom stereocenters. The van der Waals surface area contributed by atoms with Crippen molar-refractivity contribution in [3.8, 4) is 12.3 Å². The zero-order valence-corrected chi connectivity index (χ0v) is 9.89. The first-order valence-electron chi connectivity index (χ1n) is 5.12. The quantitative estimate of drug-likeness (QED) is 0.745. The average Bonchev–Trinajstić information content (AvgIpc) is 2.61. The average molecular weight is 223 g/mol. The maximum Gasteiger partial charge on any atom is 0.180 e. The molecule has 82 valence electrons. The van der Waals surface area contributed by atoms with Crippen LogP contribution in [0.2, 0.25) is 0 Å². The third kappa shape index (κ3) is 4.32. The highest BCUT2D eigenvalue weighted by Crippen LogP contribution is 2.11. The maximum absolute atomic E-state index is 5.56. The van der Waals surface area contributed by atoms with Gasteiger partial charge in [0.25, 0.3) is 0 Å². The number of aromatic nitrogens is 1. The van der Waals surface area contributed by atoms with E-state index in [9.17, 15) is 0 Å². The molecule has 3 nitrogen and oxygen atoms in total. The summed E-state index contributed by atoms with van der Waals surface area (Å²) < 4.78 is 0. The molecule has 1 heterocycles. The lowest BCUT2D eigenvalue weighted by Crippen LogP contribution is -2.27. The highest BCUT2D eigenvalue weighted by atomic mass is 32.1. The van der Waals surface area contributed by atoms with Gasteiger partial charge in [-0.2, -0.15) is 0 Å². The van der Waals surface area contributed by atoms with Gasteiger partial charge in [0, 0.05) is 18.3 Å². The summed E-state index contributed by atoms with van der Waals surface area (Å²) in [6, 6.07) is 0. The molecule has 0 radical (unpaired) electrons. The van der Waals surface area contributed by atoms with Crippen LogP contribution in [-0.2, 0) is 6.42 Å². The van der Waals surface area contributed by atoms with Gasteiger partial charge in [-0.25, -0.2) is 4.98 Å². The fourth-order valence-electron chi connectivity index (χ4n) is 1.43. The van der Waals surface area contributed by atoms with Crippen molar-refractivity contribution in [2.45, 2.75) is 19.8 Å². The fourth-order valence-corrected chi connectivity index (χ4v) is 2.02. The summed E-state index contributed by atoms with van der Waals surface area (Å²) in [5, 5.41) is 2.65. The third-order valence-electron chi connectivity index (χ3n) is 2.11. The van der Waals surface area contributed by atoms with Crippen molar-refractivity contribution in [2.24, 2.45) is 0 Å². The van der Waals surface area contributed by atoms with Crippen LogP contribution in [0.25, 0.3) is 0 Å². The van der Waals surface area contributed by atoms with Crippen LogP contribution in [0.3, 0.4) is 0 Å². The Balaban J connectivity index is 2.36. The second-order valence-electron chi connectivity index (χ2n) is 3.41. The van der Waals surface area contributed by atoms with Crippen molar-refractivity contribution in [1.29, 1.82) is 0 Å². The highest BCUT2D eigenvalue weighted by Gasteiger charge is 2.04. The van der Waals surface area contributed by atoms with Crippen LogP contribution >= 0.6 is 11.3 Å². The molecule has 15 heavy (non-hydrogen) atoms. The van der Waals surface area contributed by atoms with Crippen LogP contribution < -0.4 is 5.73 Å². The third-order valence-corrected chi connectivity index (χ3v) is 2.83. The SMILES string of the molecule is C#CCN(CCC)CCc1csc(N)n1. The molecule has 0 saturated carbocycles. The second-order valence-corrected chi connectivity index (χ2v) is 4.30. The number of nitrogens with zero attached hydrogens (tertiary/aromatic N) is 2. The van der Waals surface area contributed by atoms with E-state index in [0.717, 1.165) is 31.6 Å². The number of terminal acetylenes is 1. The van der Waals surface area contributed by atoms with Crippen LogP contribution in [0.1, 0.15) is 19.0 Å². The van der Waals surface area contributed by atoms with Crippen LogP contribution in [0.4, 0.5) is 5.13 Å². The molecule has 1 aromatic rings. The first-order valence-corrected chi connectivity index (χ1v) is 6.00.